The summed E-state index contributed by atoms with van der Waals surface area (Å²) in [6, 6.07) is 6.34. The molecule has 0 atom stereocenters. The van der Waals surface area contributed by atoms with Gasteiger partial charge in [-0.2, -0.15) is 0 Å². The number of rotatable bonds is 6. The van der Waals surface area contributed by atoms with Gasteiger partial charge in [-0.15, -0.1) is 0 Å². The number of nitrogens with zero attached hydrogens (tertiary/aromatic N) is 1. The van der Waals surface area contributed by atoms with Crippen LogP contribution in [0.1, 0.15) is 12.8 Å². The number of carbonyl (C=O) groups excluding carboxylic acids is 1. The van der Waals surface area contributed by atoms with E-state index in [9.17, 15) is 13.2 Å². The molecule has 0 aromatic heterocycles. The van der Waals surface area contributed by atoms with Gasteiger partial charge >= 0.3 is 0 Å². The number of ether oxygens (including phenoxy) is 1. The molecule has 0 radical (unpaired) electrons. The normalized spacial score (nSPS) is 15.8. The summed E-state index contributed by atoms with van der Waals surface area (Å²) in [7, 11) is -2.01. The Hall–Kier alpha value is -1.44. The van der Waals surface area contributed by atoms with E-state index in [1.165, 1.54) is 19.2 Å². The molecule has 0 aliphatic carbocycles. The molecule has 1 aliphatic heterocycles. The first-order chi connectivity index (χ1) is 9.54. The van der Waals surface area contributed by atoms with Crippen molar-refractivity contribution in [3.05, 3.63) is 24.3 Å². The Labute approximate surface area is 118 Å². The largest absolute Gasteiger partial charge is 0.383 e. The molecular weight excluding hydrogens is 280 g/mol. The first-order valence-electron chi connectivity index (χ1n) is 6.43. The highest BCUT2D eigenvalue weighted by atomic mass is 32.2. The smallest absolute Gasteiger partial charge is 0.240 e. The summed E-state index contributed by atoms with van der Waals surface area (Å²) in [6.07, 6.45) is 1.40. The highest BCUT2D eigenvalue weighted by Crippen LogP contribution is 2.22. The van der Waals surface area contributed by atoms with Gasteiger partial charge in [0, 0.05) is 32.3 Å². The maximum absolute atomic E-state index is 12.0. The van der Waals surface area contributed by atoms with Gasteiger partial charge in [-0.05, 0) is 30.7 Å². The minimum absolute atomic E-state index is 0.0822. The molecule has 0 unspecified atom stereocenters. The number of methoxy groups -OCH3 is 1. The van der Waals surface area contributed by atoms with Crippen molar-refractivity contribution in [3.63, 3.8) is 0 Å². The van der Waals surface area contributed by atoms with Gasteiger partial charge in [0.1, 0.15) is 0 Å². The summed E-state index contributed by atoms with van der Waals surface area (Å²) in [4.78, 5) is 13.5. The van der Waals surface area contributed by atoms with Crippen LogP contribution in [0, 0.1) is 0 Å². The molecule has 2 rings (SSSR count). The average molecular weight is 298 g/mol. The molecule has 1 amide bonds. The van der Waals surface area contributed by atoms with Gasteiger partial charge in [-0.25, -0.2) is 13.1 Å². The van der Waals surface area contributed by atoms with Crippen molar-refractivity contribution < 1.29 is 17.9 Å². The van der Waals surface area contributed by atoms with Gasteiger partial charge in [-0.1, -0.05) is 0 Å². The van der Waals surface area contributed by atoms with Crippen LogP contribution in [0.15, 0.2) is 29.2 Å². The Kier molecular flexibility index (Phi) is 4.74. The van der Waals surface area contributed by atoms with Crippen LogP contribution in [0.25, 0.3) is 0 Å². The molecule has 1 aromatic rings. The minimum atomic E-state index is -3.52. The molecule has 0 bridgehead atoms. The number of hydrogen-bond donors (Lipinski definition) is 1. The lowest BCUT2D eigenvalue weighted by Gasteiger charge is -2.16. The highest BCUT2D eigenvalue weighted by Gasteiger charge is 2.22. The molecule has 1 aliphatic rings. The van der Waals surface area contributed by atoms with Gasteiger partial charge in [-0.3, -0.25) is 4.79 Å². The fourth-order valence-corrected chi connectivity index (χ4v) is 3.10. The van der Waals surface area contributed by atoms with Crippen molar-refractivity contribution in [3.8, 4) is 0 Å². The van der Waals surface area contributed by atoms with E-state index in [4.69, 9.17) is 4.74 Å². The zero-order valence-corrected chi connectivity index (χ0v) is 12.1. The van der Waals surface area contributed by atoms with Crippen molar-refractivity contribution in [2.24, 2.45) is 0 Å². The zero-order chi connectivity index (χ0) is 14.6. The Morgan fingerprint density at radius 3 is 2.55 bits per heavy atom. The lowest BCUT2D eigenvalue weighted by atomic mass is 10.3. The number of carbonyl (C=O) groups is 1. The number of hydrogen-bond acceptors (Lipinski definition) is 4. The predicted octanol–water partition coefficient (Wildman–Crippen LogP) is 0.738. The monoisotopic (exact) mass is 298 g/mol. The number of amides is 1. The summed E-state index contributed by atoms with van der Waals surface area (Å²) in [6.45, 7) is 1.24. The quantitative estimate of drug-likeness (QED) is 0.786. The third kappa shape index (κ3) is 3.36. The minimum Gasteiger partial charge on any atom is -0.383 e. The van der Waals surface area contributed by atoms with Crippen molar-refractivity contribution in [1.29, 1.82) is 0 Å². The Morgan fingerprint density at radius 2 is 2.00 bits per heavy atom. The maximum Gasteiger partial charge on any atom is 0.240 e. The lowest BCUT2D eigenvalue weighted by molar-refractivity contribution is -0.117. The van der Waals surface area contributed by atoms with Gasteiger partial charge in [0.15, 0.2) is 0 Å². The van der Waals surface area contributed by atoms with Crippen LogP contribution < -0.4 is 9.62 Å². The first kappa shape index (κ1) is 15.0. The van der Waals surface area contributed by atoms with E-state index in [-0.39, 0.29) is 17.3 Å². The van der Waals surface area contributed by atoms with E-state index in [0.717, 1.165) is 12.1 Å². The third-order valence-corrected chi connectivity index (χ3v) is 4.61. The number of anilines is 1. The SMILES string of the molecule is COCCNS(=O)(=O)c1ccc(N2CCCC2=O)cc1. The van der Waals surface area contributed by atoms with E-state index in [1.54, 1.807) is 17.0 Å². The van der Waals surface area contributed by atoms with Gasteiger partial charge in [0.05, 0.1) is 11.5 Å². The molecule has 110 valence electrons. The summed E-state index contributed by atoms with van der Waals surface area (Å²) < 4.78 is 31.2. The molecule has 0 spiro atoms. The molecule has 1 fully saturated rings. The fourth-order valence-electron chi connectivity index (χ4n) is 2.09. The van der Waals surface area contributed by atoms with Crippen molar-refractivity contribution >= 4 is 21.6 Å². The molecule has 0 saturated carbocycles. The number of nitrogens with one attached hydrogen (secondary N) is 1. The van der Waals surface area contributed by atoms with E-state index in [2.05, 4.69) is 4.72 Å². The van der Waals surface area contributed by atoms with Crippen molar-refractivity contribution in [2.75, 3.05) is 31.7 Å². The molecule has 1 aromatic carbocycles. The predicted molar refractivity (Wildman–Crippen MR) is 75.1 cm³/mol. The van der Waals surface area contributed by atoms with Crippen LogP contribution in [0.4, 0.5) is 5.69 Å². The standard InChI is InChI=1S/C13H18N2O4S/c1-19-10-8-14-20(17,18)12-6-4-11(5-7-12)15-9-2-3-13(15)16/h4-7,14H,2-3,8-10H2,1H3. The topological polar surface area (TPSA) is 75.7 Å². The Bertz CT molecular complexity index is 569. The second-order valence-corrected chi connectivity index (χ2v) is 6.30. The van der Waals surface area contributed by atoms with Crippen molar-refractivity contribution in [2.45, 2.75) is 17.7 Å². The van der Waals surface area contributed by atoms with Gasteiger partial charge in [0.2, 0.25) is 15.9 Å². The van der Waals surface area contributed by atoms with E-state index < -0.39 is 10.0 Å². The number of benzene rings is 1. The van der Waals surface area contributed by atoms with Crippen molar-refractivity contribution in [1.82, 2.24) is 4.72 Å². The molecule has 7 heteroatoms. The van der Waals surface area contributed by atoms with Gasteiger partial charge < -0.3 is 9.64 Å². The summed E-state index contributed by atoms with van der Waals surface area (Å²) in [5.41, 5.74) is 0.739. The molecule has 20 heavy (non-hydrogen) atoms. The molecule has 6 nitrogen and oxygen atoms in total. The first-order valence-corrected chi connectivity index (χ1v) is 7.92. The van der Waals surface area contributed by atoms with E-state index in [0.29, 0.717) is 19.6 Å². The second-order valence-electron chi connectivity index (χ2n) is 4.53. The van der Waals surface area contributed by atoms with Crippen LogP contribution >= 0.6 is 0 Å². The van der Waals surface area contributed by atoms with Crippen LogP contribution in [-0.2, 0) is 19.6 Å². The summed E-state index contributed by atoms with van der Waals surface area (Å²) in [5.74, 6) is 0.0822. The van der Waals surface area contributed by atoms with Crippen LogP contribution in [0.3, 0.4) is 0 Å². The average Bonchev–Trinajstić information content (AvgIpc) is 2.85. The Morgan fingerprint density at radius 1 is 1.30 bits per heavy atom. The molecule has 1 heterocycles. The summed E-state index contributed by atoms with van der Waals surface area (Å²) >= 11 is 0. The summed E-state index contributed by atoms with van der Waals surface area (Å²) in [5, 5.41) is 0. The lowest BCUT2D eigenvalue weighted by Crippen LogP contribution is -2.27. The maximum atomic E-state index is 12.0. The molecular formula is C13H18N2O4S. The zero-order valence-electron chi connectivity index (χ0n) is 11.3. The number of sulfonamides is 1. The van der Waals surface area contributed by atoms with Crippen LogP contribution in [-0.4, -0.2) is 41.1 Å². The van der Waals surface area contributed by atoms with Gasteiger partial charge in [0.25, 0.3) is 0 Å². The van der Waals surface area contributed by atoms with E-state index >= 15 is 0 Å². The fraction of sp³-hybridized carbons (Fsp3) is 0.462. The molecule has 1 N–H and O–H groups in total. The highest BCUT2D eigenvalue weighted by molar-refractivity contribution is 7.89. The van der Waals surface area contributed by atoms with E-state index in [1.807, 2.05) is 0 Å². The molecule has 1 saturated heterocycles. The Balaban J connectivity index is 2.09. The van der Waals surface area contributed by atoms with Crippen LogP contribution in [0.2, 0.25) is 0 Å². The third-order valence-electron chi connectivity index (χ3n) is 3.13. The second kappa shape index (κ2) is 6.34. The van der Waals surface area contributed by atoms with Crippen LogP contribution in [0.5, 0.6) is 0 Å².